The van der Waals surface area contributed by atoms with E-state index in [9.17, 15) is 4.79 Å². The van der Waals surface area contributed by atoms with E-state index in [1.165, 1.54) is 0 Å². The highest BCUT2D eigenvalue weighted by Crippen LogP contribution is 2.32. The molecule has 0 saturated carbocycles. The molecule has 1 aliphatic rings. The molecule has 0 bridgehead atoms. The van der Waals surface area contributed by atoms with Gasteiger partial charge in [0.05, 0.1) is 5.92 Å². The first-order valence-corrected chi connectivity index (χ1v) is 7.39. The topological polar surface area (TPSA) is 72.3 Å². The zero-order valence-corrected chi connectivity index (χ0v) is 12.7. The second-order valence-electron chi connectivity index (χ2n) is 5.67. The van der Waals surface area contributed by atoms with E-state index in [4.69, 9.17) is 23.1 Å². The minimum atomic E-state index is -0.222. The van der Waals surface area contributed by atoms with Crippen LogP contribution in [0.5, 0.6) is 0 Å². The predicted molar refractivity (Wildman–Crippen MR) is 82.8 cm³/mol. The van der Waals surface area contributed by atoms with Crippen molar-refractivity contribution in [2.45, 2.75) is 38.8 Å². The number of primary amides is 1. The standard InChI is InChI=1S/C15H22ClN3O/c1-9-3-4-11(15(18)20)8-19(9)12-5-6-13(10(2)17)14(16)7-12/h5-7,9-11H,3-4,8,17H2,1-2H3,(H2,18,20). The van der Waals surface area contributed by atoms with E-state index in [1.54, 1.807) is 0 Å². The quantitative estimate of drug-likeness (QED) is 0.899. The number of carbonyl (C=O) groups is 1. The fourth-order valence-corrected chi connectivity index (χ4v) is 3.11. The van der Waals surface area contributed by atoms with Crippen molar-refractivity contribution in [3.63, 3.8) is 0 Å². The van der Waals surface area contributed by atoms with Gasteiger partial charge >= 0.3 is 0 Å². The second kappa shape index (κ2) is 6.02. The van der Waals surface area contributed by atoms with Gasteiger partial charge in [0.25, 0.3) is 0 Å². The van der Waals surface area contributed by atoms with Crippen molar-refractivity contribution in [3.8, 4) is 0 Å². The Kier molecular flexibility index (Phi) is 4.55. The Bertz CT molecular complexity index is 504. The van der Waals surface area contributed by atoms with Gasteiger partial charge in [-0.2, -0.15) is 0 Å². The molecule has 1 aromatic carbocycles. The minimum Gasteiger partial charge on any atom is -0.369 e. The van der Waals surface area contributed by atoms with Gasteiger partial charge in [0.15, 0.2) is 0 Å². The molecule has 1 aliphatic heterocycles. The summed E-state index contributed by atoms with van der Waals surface area (Å²) in [5.74, 6) is -0.307. The highest BCUT2D eigenvalue weighted by Gasteiger charge is 2.29. The number of piperidine rings is 1. The number of hydrogen-bond acceptors (Lipinski definition) is 3. The molecule has 4 N–H and O–H groups in total. The minimum absolute atomic E-state index is 0.0851. The zero-order chi connectivity index (χ0) is 14.9. The SMILES string of the molecule is CC(N)c1ccc(N2CC(C(N)=O)CCC2C)cc1Cl. The van der Waals surface area contributed by atoms with Crippen LogP contribution in [0.4, 0.5) is 5.69 Å². The van der Waals surface area contributed by atoms with Crippen LogP contribution in [0.15, 0.2) is 18.2 Å². The number of nitrogens with two attached hydrogens (primary N) is 2. The fraction of sp³-hybridized carbons (Fsp3) is 0.533. The van der Waals surface area contributed by atoms with Crippen molar-refractivity contribution in [3.05, 3.63) is 28.8 Å². The van der Waals surface area contributed by atoms with Crippen LogP contribution >= 0.6 is 11.6 Å². The number of rotatable bonds is 3. The van der Waals surface area contributed by atoms with E-state index < -0.39 is 0 Å². The van der Waals surface area contributed by atoms with E-state index in [1.807, 2.05) is 25.1 Å². The average Bonchev–Trinajstić information content (AvgIpc) is 2.38. The molecule has 5 heteroatoms. The van der Waals surface area contributed by atoms with E-state index in [-0.39, 0.29) is 17.9 Å². The van der Waals surface area contributed by atoms with Crippen LogP contribution in [0, 0.1) is 5.92 Å². The van der Waals surface area contributed by atoms with Gasteiger partial charge in [-0.25, -0.2) is 0 Å². The normalized spacial score (nSPS) is 24.5. The molecule has 0 aliphatic carbocycles. The molecule has 4 nitrogen and oxygen atoms in total. The summed E-state index contributed by atoms with van der Waals surface area (Å²) >= 11 is 6.29. The number of amides is 1. The van der Waals surface area contributed by atoms with E-state index in [0.29, 0.717) is 17.6 Å². The molecule has 1 heterocycles. The van der Waals surface area contributed by atoms with Crippen molar-refractivity contribution < 1.29 is 4.79 Å². The number of nitrogens with zero attached hydrogens (tertiary/aromatic N) is 1. The largest absolute Gasteiger partial charge is 0.369 e. The Morgan fingerprint density at radius 1 is 1.45 bits per heavy atom. The molecule has 1 amide bonds. The summed E-state index contributed by atoms with van der Waals surface area (Å²) in [5, 5.41) is 0.672. The first-order valence-electron chi connectivity index (χ1n) is 7.01. The highest BCUT2D eigenvalue weighted by molar-refractivity contribution is 6.31. The number of halogens is 1. The van der Waals surface area contributed by atoms with E-state index in [0.717, 1.165) is 24.1 Å². The number of hydrogen-bond donors (Lipinski definition) is 2. The first kappa shape index (κ1) is 15.1. The fourth-order valence-electron chi connectivity index (χ4n) is 2.76. The molecular formula is C15H22ClN3O. The molecule has 0 spiro atoms. The lowest BCUT2D eigenvalue weighted by molar-refractivity contribution is -0.122. The maximum atomic E-state index is 11.4. The summed E-state index contributed by atoms with van der Waals surface area (Å²) in [6, 6.07) is 6.20. The third-order valence-corrected chi connectivity index (χ3v) is 4.42. The number of benzene rings is 1. The lowest BCUT2D eigenvalue weighted by Gasteiger charge is -2.38. The van der Waals surface area contributed by atoms with Crippen LogP contribution in [-0.4, -0.2) is 18.5 Å². The summed E-state index contributed by atoms with van der Waals surface area (Å²) in [6.07, 6.45) is 1.82. The molecule has 20 heavy (non-hydrogen) atoms. The van der Waals surface area contributed by atoms with Crippen LogP contribution in [-0.2, 0) is 4.79 Å². The average molecular weight is 296 g/mol. The van der Waals surface area contributed by atoms with Crippen LogP contribution < -0.4 is 16.4 Å². The third-order valence-electron chi connectivity index (χ3n) is 4.09. The Balaban J connectivity index is 2.25. The molecular weight excluding hydrogens is 274 g/mol. The number of anilines is 1. The monoisotopic (exact) mass is 295 g/mol. The molecule has 1 aromatic rings. The second-order valence-corrected chi connectivity index (χ2v) is 6.08. The summed E-state index contributed by atoms with van der Waals surface area (Å²) in [5.41, 5.74) is 13.3. The molecule has 1 fully saturated rings. The first-order chi connectivity index (χ1) is 9.40. The summed E-state index contributed by atoms with van der Waals surface area (Å²) in [6.45, 7) is 4.72. The summed E-state index contributed by atoms with van der Waals surface area (Å²) in [7, 11) is 0. The lowest BCUT2D eigenvalue weighted by Crippen LogP contribution is -2.45. The van der Waals surface area contributed by atoms with Crippen molar-refractivity contribution in [2.75, 3.05) is 11.4 Å². The van der Waals surface area contributed by atoms with Crippen molar-refractivity contribution in [1.29, 1.82) is 0 Å². The van der Waals surface area contributed by atoms with Gasteiger partial charge in [0, 0.05) is 29.3 Å². The molecule has 3 unspecified atom stereocenters. The van der Waals surface area contributed by atoms with Crippen LogP contribution in [0.25, 0.3) is 0 Å². The number of carbonyl (C=O) groups excluding carboxylic acids is 1. The van der Waals surface area contributed by atoms with E-state index >= 15 is 0 Å². The smallest absolute Gasteiger partial charge is 0.222 e. The van der Waals surface area contributed by atoms with Gasteiger partial charge in [0.1, 0.15) is 0 Å². The third kappa shape index (κ3) is 3.07. The lowest BCUT2D eigenvalue weighted by atomic mass is 9.92. The van der Waals surface area contributed by atoms with Gasteiger partial charge in [-0.3, -0.25) is 4.79 Å². The highest BCUT2D eigenvalue weighted by atomic mass is 35.5. The van der Waals surface area contributed by atoms with Gasteiger partial charge in [-0.15, -0.1) is 0 Å². The van der Waals surface area contributed by atoms with Crippen molar-refractivity contribution in [2.24, 2.45) is 17.4 Å². The zero-order valence-electron chi connectivity index (χ0n) is 12.0. The van der Waals surface area contributed by atoms with Crippen molar-refractivity contribution in [1.82, 2.24) is 0 Å². The van der Waals surface area contributed by atoms with Gasteiger partial charge in [-0.1, -0.05) is 17.7 Å². The summed E-state index contributed by atoms with van der Waals surface area (Å²) in [4.78, 5) is 13.6. The Labute approximate surface area is 125 Å². The van der Waals surface area contributed by atoms with Crippen LogP contribution in [0.3, 0.4) is 0 Å². The van der Waals surface area contributed by atoms with E-state index in [2.05, 4.69) is 11.8 Å². The van der Waals surface area contributed by atoms with Crippen LogP contribution in [0.1, 0.15) is 38.3 Å². The molecule has 3 atom stereocenters. The predicted octanol–water partition coefficient (Wildman–Crippen LogP) is 2.45. The maximum absolute atomic E-state index is 11.4. The molecule has 0 aromatic heterocycles. The Morgan fingerprint density at radius 3 is 2.70 bits per heavy atom. The van der Waals surface area contributed by atoms with Crippen molar-refractivity contribution >= 4 is 23.2 Å². The molecule has 0 radical (unpaired) electrons. The van der Waals surface area contributed by atoms with Crippen LogP contribution in [0.2, 0.25) is 5.02 Å². The van der Waals surface area contributed by atoms with Gasteiger partial charge in [0.2, 0.25) is 5.91 Å². The molecule has 110 valence electrons. The van der Waals surface area contributed by atoms with Gasteiger partial charge in [-0.05, 0) is 44.4 Å². The Hall–Kier alpha value is -1.26. The molecule has 1 saturated heterocycles. The maximum Gasteiger partial charge on any atom is 0.222 e. The molecule has 2 rings (SSSR count). The Morgan fingerprint density at radius 2 is 2.15 bits per heavy atom. The summed E-state index contributed by atoms with van der Waals surface area (Å²) < 4.78 is 0. The van der Waals surface area contributed by atoms with Gasteiger partial charge < -0.3 is 16.4 Å².